The lowest BCUT2D eigenvalue weighted by atomic mass is 10.2. The quantitative estimate of drug-likeness (QED) is 0.763. The van der Waals surface area contributed by atoms with E-state index in [1.54, 1.807) is 6.20 Å². The summed E-state index contributed by atoms with van der Waals surface area (Å²) in [4.78, 5) is 13.5. The van der Waals surface area contributed by atoms with Gasteiger partial charge in [-0.2, -0.15) is 13.5 Å². The van der Waals surface area contributed by atoms with Crippen molar-refractivity contribution >= 4 is 32.8 Å². The number of carbonyl (C=O) groups excluding carboxylic acids is 1. The van der Waals surface area contributed by atoms with Gasteiger partial charge in [-0.05, 0) is 32.0 Å². The van der Waals surface area contributed by atoms with Crippen LogP contribution in [0.5, 0.6) is 0 Å². The number of amides is 1. The zero-order valence-corrected chi connectivity index (χ0v) is 14.5. The highest BCUT2D eigenvalue weighted by atomic mass is 32.2. The van der Waals surface area contributed by atoms with Crippen LogP contribution >= 0.6 is 0 Å². The second-order valence-electron chi connectivity index (χ2n) is 6.03. The summed E-state index contributed by atoms with van der Waals surface area (Å²) in [7, 11) is -3.57. The first kappa shape index (κ1) is 16.7. The average Bonchev–Trinajstić information content (AvgIpc) is 3.07. The van der Waals surface area contributed by atoms with Crippen LogP contribution in [0.3, 0.4) is 0 Å². The third-order valence-electron chi connectivity index (χ3n) is 3.72. The maximum Gasteiger partial charge on any atom is 0.414 e. The Morgan fingerprint density at radius 3 is 2.83 bits per heavy atom. The minimum Gasteiger partial charge on any atom is -0.441 e. The third-order valence-corrected chi connectivity index (χ3v) is 4.29. The van der Waals surface area contributed by atoms with Crippen LogP contribution in [0.4, 0.5) is 10.5 Å². The first-order chi connectivity index (χ1) is 11.2. The van der Waals surface area contributed by atoms with E-state index in [0.29, 0.717) is 5.69 Å². The van der Waals surface area contributed by atoms with Gasteiger partial charge in [-0.3, -0.25) is 13.8 Å². The van der Waals surface area contributed by atoms with Crippen molar-refractivity contribution in [1.29, 1.82) is 0 Å². The maximum absolute atomic E-state index is 12.0. The van der Waals surface area contributed by atoms with Crippen molar-refractivity contribution in [2.45, 2.75) is 26.0 Å². The van der Waals surface area contributed by atoms with E-state index < -0.39 is 22.3 Å². The predicted octanol–water partition coefficient (Wildman–Crippen LogP) is 1.92. The summed E-state index contributed by atoms with van der Waals surface area (Å²) >= 11 is 0. The zero-order chi connectivity index (χ0) is 17.5. The van der Waals surface area contributed by atoms with Gasteiger partial charge in [0.2, 0.25) is 0 Å². The molecule has 1 aliphatic rings. The first-order valence-corrected chi connectivity index (χ1v) is 9.36. The Balaban J connectivity index is 1.79. The van der Waals surface area contributed by atoms with Gasteiger partial charge in [0.05, 0.1) is 24.5 Å². The standard InChI is InChI=1S/C15H19N3O5S/c1-10(2)18-14-5-4-12(6-11(14)7-16-18)17-8-13(23-15(17)19)9-22-24(3,20)21/h4-7,10,13H,8-9H2,1-3H3. The lowest BCUT2D eigenvalue weighted by Gasteiger charge is -2.13. The largest absolute Gasteiger partial charge is 0.441 e. The molecular formula is C15H19N3O5S. The fraction of sp³-hybridized carbons (Fsp3) is 0.467. The molecule has 1 aliphatic heterocycles. The minimum absolute atomic E-state index is 0.186. The minimum atomic E-state index is -3.57. The molecule has 24 heavy (non-hydrogen) atoms. The number of anilines is 1. The molecule has 1 fully saturated rings. The molecule has 0 spiro atoms. The number of nitrogens with zero attached hydrogens (tertiary/aromatic N) is 3. The Morgan fingerprint density at radius 1 is 1.42 bits per heavy atom. The molecule has 0 radical (unpaired) electrons. The van der Waals surface area contributed by atoms with Crippen LogP contribution in [-0.2, 0) is 19.0 Å². The summed E-state index contributed by atoms with van der Waals surface area (Å²) in [6.45, 7) is 4.14. The van der Waals surface area contributed by atoms with Crippen LogP contribution in [0, 0.1) is 0 Å². The van der Waals surface area contributed by atoms with Gasteiger partial charge in [0.15, 0.2) is 0 Å². The summed E-state index contributed by atoms with van der Waals surface area (Å²) in [6, 6.07) is 5.83. The molecule has 130 valence electrons. The monoisotopic (exact) mass is 353 g/mol. The molecule has 8 nitrogen and oxygen atoms in total. The van der Waals surface area contributed by atoms with Gasteiger partial charge in [-0.25, -0.2) is 4.79 Å². The fourth-order valence-corrected chi connectivity index (χ4v) is 3.04. The van der Waals surface area contributed by atoms with Crippen molar-refractivity contribution < 1.29 is 22.1 Å². The van der Waals surface area contributed by atoms with Gasteiger partial charge >= 0.3 is 6.09 Å². The normalized spacial score (nSPS) is 18.6. The van der Waals surface area contributed by atoms with Crippen molar-refractivity contribution in [1.82, 2.24) is 9.78 Å². The zero-order valence-electron chi connectivity index (χ0n) is 13.7. The van der Waals surface area contributed by atoms with Crippen LogP contribution in [0.15, 0.2) is 24.4 Å². The Labute approximate surface area is 140 Å². The van der Waals surface area contributed by atoms with Crippen molar-refractivity contribution in [3.05, 3.63) is 24.4 Å². The summed E-state index contributed by atoms with van der Waals surface area (Å²) in [5.74, 6) is 0. The second-order valence-corrected chi connectivity index (χ2v) is 7.67. The molecule has 2 heterocycles. The number of rotatable bonds is 5. The Morgan fingerprint density at radius 2 is 2.17 bits per heavy atom. The van der Waals surface area contributed by atoms with Crippen LogP contribution in [0.2, 0.25) is 0 Å². The number of cyclic esters (lactones) is 1. The van der Waals surface area contributed by atoms with Gasteiger partial charge in [-0.1, -0.05) is 0 Å². The highest BCUT2D eigenvalue weighted by molar-refractivity contribution is 7.85. The molecule has 0 N–H and O–H groups in total. The van der Waals surface area contributed by atoms with E-state index in [1.807, 2.05) is 36.7 Å². The third kappa shape index (κ3) is 3.36. The average molecular weight is 353 g/mol. The Bertz CT molecular complexity index is 874. The predicted molar refractivity (Wildman–Crippen MR) is 88.5 cm³/mol. The van der Waals surface area contributed by atoms with E-state index in [1.165, 1.54) is 4.90 Å². The molecule has 0 bridgehead atoms. The molecule has 3 rings (SSSR count). The van der Waals surface area contributed by atoms with Crippen LogP contribution in [-0.4, -0.2) is 49.8 Å². The lowest BCUT2D eigenvalue weighted by molar-refractivity contribution is 0.107. The van der Waals surface area contributed by atoms with Crippen molar-refractivity contribution in [3.63, 3.8) is 0 Å². The molecule has 1 atom stereocenters. The van der Waals surface area contributed by atoms with Crippen molar-refractivity contribution in [3.8, 4) is 0 Å². The fourth-order valence-electron chi connectivity index (χ4n) is 2.64. The summed E-state index contributed by atoms with van der Waals surface area (Å²) in [6.07, 6.45) is 1.57. The summed E-state index contributed by atoms with van der Waals surface area (Å²) in [5, 5.41) is 5.27. The lowest BCUT2D eigenvalue weighted by Crippen LogP contribution is -2.26. The van der Waals surface area contributed by atoms with Crippen molar-refractivity contribution in [2.75, 3.05) is 24.3 Å². The Hall–Kier alpha value is -2.13. The van der Waals surface area contributed by atoms with E-state index in [2.05, 4.69) is 5.10 Å². The van der Waals surface area contributed by atoms with Crippen LogP contribution in [0.1, 0.15) is 19.9 Å². The molecular weight excluding hydrogens is 334 g/mol. The molecule has 0 saturated carbocycles. The second kappa shape index (κ2) is 6.06. The van der Waals surface area contributed by atoms with Gasteiger partial charge in [0, 0.05) is 17.1 Å². The highest BCUT2D eigenvalue weighted by Gasteiger charge is 2.33. The smallest absolute Gasteiger partial charge is 0.414 e. The van der Waals surface area contributed by atoms with E-state index in [9.17, 15) is 13.2 Å². The van der Waals surface area contributed by atoms with Crippen LogP contribution in [0.25, 0.3) is 10.9 Å². The van der Waals surface area contributed by atoms with Crippen molar-refractivity contribution in [2.24, 2.45) is 0 Å². The highest BCUT2D eigenvalue weighted by Crippen LogP contribution is 2.27. The number of benzene rings is 1. The summed E-state index contributed by atoms with van der Waals surface area (Å²) < 4.78 is 33.8. The number of hydrogen-bond donors (Lipinski definition) is 0. The molecule has 1 aromatic heterocycles. The summed E-state index contributed by atoms with van der Waals surface area (Å²) in [5.41, 5.74) is 1.66. The molecule has 1 aromatic carbocycles. The molecule has 2 aromatic rings. The number of hydrogen-bond acceptors (Lipinski definition) is 6. The topological polar surface area (TPSA) is 90.7 Å². The number of aromatic nitrogens is 2. The van der Waals surface area contributed by atoms with E-state index in [0.717, 1.165) is 17.2 Å². The molecule has 0 aliphatic carbocycles. The number of carbonyl (C=O) groups is 1. The first-order valence-electron chi connectivity index (χ1n) is 7.54. The van der Waals surface area contributed by atoms with Crippen LogP contribution < -0.4 is 4.90 Å². The van der Waals surface area contributed by atoms with Gasteiger partial charge < -0.3 is 4.74 Å². The van der Waals surface area contributed by atoms with E-state index in [4.69, 9.17) is 8.92 Å². The maximum atomic E-state index is 12.0. The van der Waals surface area contributed by atoms with E-state index in [-0.39, 0.29) is 19.2 Å². The van der Waals surface area contributed by atoms with Gasteiger partial charge in [-0.15, -0.1) is 0 Å². The number of fused-ring (bicyclic) bond motifs is 1. The molecule has 1 unspecified atom stereocenters. The van der Waals surface area contributed by atoms with Gasteiger partial charge in [0.25, 0.3) is 10.1 Å². The number of ether oxygens (including phenoxy) is 1. The molecule has 1 saturated heterocycles. The SMILES string of the molecule is CC(C)n1ncc2cc(N3CC(COS(C)(=O)=O)OC3=O)ccc21. The molecule has 1 amide bonds. The molecule has 9 heteroatoms. The van der Waals surface area contributed by atoms with E-state index >= 15 is 0 Å². The van der Waals surface area contributed by atoms with Gasteiger partial charge in [0.1, 0.15) is 12.7 Å². The Kier molecular flexibility index (Phi) is 4.22.